The van der Waals surface area contributed by atoms with E-state index in [1.54, 1.807) is 12.1 Å². The molecule has 0 aromatic heterocycles. The van der Waals surface area contributed by atoms with Crippen LogP contribution in [-0.4, -0.2) is 27.3 Å². The Balaban J connectivity index is 1.67. The van der Waals surface area contributed by atoms with Gasteiger partial charge < -0.3 is 5.32 Å². The van der Waals surface area contributed by atoms with Gasteiger partial charge in [-0.05, 0) is 55.5 Å². The van der Waals surface area contributed by atoms with Crippen LogP contribution in [0, 0.1) is 18.7 Å². The zero-order valence-electron chi connectivity index (χ0n) is 16.2. The van der Waals surface area contributed by atoms with Crippen molar-refractivity contribution in [1.29, 1.82) is 0 Å². The highest BCUT2D eigenvalue weighted by molar-refractivity contribution is 7.85. The molecule has 1 unspecified atom stereocenters. The van der Waals surface area contributed by atoms with E-state index in [4.69, 9.17) is 0 Å². The molecule has 2 aliphatic rings. The van der Waals surface area contributed by atoms with Gasteiger partial charge in [-0.15, -0.1) is 0 Å². The summed E-state index contributed by atoms with van der Waals surface area (Å²) >= 11 is 0. The van der Waals surface area contributed by atoms with Gasteiger partial charge in [-0.2, -0.15) is 0 Å². The number of benzene rings is 2. The fourth-order valence-corrected chi connectivity index (χ4v) is 6.52. The van der Waals surface area contributed by atoms with Crippen LogP contribution in [0.25, 0.3) is 0 Å². The molecule has 0 spiro atoms. The fraction of sp³-hybridized carbons (Fsp3) is 0.435. The lowest BCUT2D eigenvalue weighted by molar-refractivity contribution is -0.125. The van der Waals surface area contributed by atoms with Crippen molar-refractivity contribution < 1.29 is 13.4 Å². The number of carbonyl (C=O) groups is 1. The summed E-state index contributed by atoms with van der Waals surface area (Å²) < 4.78 is 26.8. The zero-order chi connectivity index (χ0) is 19.8. The number of piperidine rings is 1. The molecule has 2 heterocycles. The molecule has 148 valence electrons. The quantitative estimate of drug-likeness (QED) is 0.823. The van der Waals surface area contributed by atoms with Crippen LogP contribution in [0.2, 0.25) is 0 Å². The number of halogens is 1. The number of carbonyl (C=O) groups excluding carboxylic acids is 1. The first-order valence-electron chi connectivity index (χ1n) is 10.0. The second-order valence-electron chi connectivity index (χ2n) is 8.01. The molecule has 2 fully saturated rings. The second-order valence-corrected chi connectivity index (χ2v) is 9.69. The van der Waals surface area contributed by atoms with Crippen molar-refractivity contribution in [1.82, 2.24) is 5.32 Å². The van der Waals surface area contributed by atoms with Crippen LogP contribution < -0.4 is 5.32 Å². The second kappa shape index (κ2) is 7.88. The van der Waals surface area contributed by atoms with Crippen molar-refractivity contribution in [3.63, 3.8) is 0 Å². The number of aryl methyl sites for hydroxylation is 1. The van der Waals surface area contributed by atoms with Gasteiger partial charge in [-0.25, -0.2) is 4.39 Å². The number of hydrogen-bond donors (Lipinski definition) is 1. The maximum absolute atomic E-state index is 13.4. The molecule has 2 saturated heterocycles. The first-order valence-corrected chi connectivity index (χ1v) is 11.2. The third-order valence-electron chi connectivity index (χ3n) is 6.18. The zero-order valence-corrected chi connectivity index (χ0v) is 17.0. The van der Waals surface area contributed by atoms with Gasteiger partial charge in [0.15, 0.2) is 5.78 Å². The van der Waals surface area contributed by atoms with E-state index in [0.717, 1.165) is 28.9 Å². The topological polar surface area (TPSA) is 46.2 Å². The number of nitrogens with one attached hydrogen (secondary N) is 1. The predicted octanol–water partition coefficient (Wildman–Crippen LogP) is 4.12. The van der Waals surface area contributed by atoms with Gasteiger partial charge >= 0.3 is 0 Å². The summed E-state index contributed by atoms with van der Waals surface area (Å²) in [6, 6.07) is 13.9. The Morgan fingerprint density at radius 1 is 1.11 bits per heavy atom. The standard InChI is InChI=1S/C23H26FNO2S/c1-3-4-18-21(15-7-9-16(24)10-8-15)23(26)19-13-20(22(18)25-19)28(27)17-11-5-14(2)6-12-17/h5-12,18-22,25H,3-4,13H2,1-2H3/t18-,19-,20+,21-,22+,28?/m0/s1. The first-order chi connectivity index (χ1) is 13.5. The Hall–Kier alpha value is -1.85. The lowest BCUT2D eigenvalue weighted by Gasteiger charge is -2.38. The normalized spacial score (nSPS) is 30.4. The largest absolute Gasteiger partial charge is 0.303 e. The molecular formula is C23H26FNO2S. The number of rotatable bonds is 5. The Kier molecular flexibility index (Phi) is 5.48. The van der Waals surface area contributed by atoms with Crippen LogP contribution >= 0.6 is 0 Å². The average Bonchev–Trinajstić information content (AvgIpc) is 3.09. The van der Waals surface area contributed by atoms with E-state index in [-0.39, 0.29) is 40.8 Å². The third-order valence-corrected chi connectivity index (χ3v) is 7.95. The summed E-state index contributed by atoms with van der Waals surface area (Å²) in [5.41, 5.74) is 2.02. The minimum absolute atomic E-state index is 0.0276. The van der Waals surface area contributed by atoms with Gasteiger partial charge in [0.2, 0.25) is 0 Å². The van der Waals surface area contributed by atoms with Gasteiger partial charge in [0.25, 0.3) is 0 Å². The molecule has 2 aromatic rings. The molecule has 0 saturated carbocycles. The van der Waals surface area contributed by atoms with Crippen molar-refractivity contribution in [3.05, 3.63) is 65.5 Å². The predicted molar refractivity (Wildman–Crippen MR) is 109 cm³/mol. The Morgan fingerprint density at radius 2 is 1.79 bits per heavy atom. The minimum Gasteiger partial charge on any atom is -0.303 e. The van der Waals surface area contributed by atoms with Crippen LogP contribution in [0.15, 0.2) is 53.4 Å². The highest BCUT2D eigenvalue weighted by Crippen LogP contribution is 2.44. The molecule has 2 aliphatic heterocycles. The highest BCUT2D eigenvalue weighted by atomic mass is 32.2. The van der Waals surface area contributed by atoms with Gasteiger partial charge in [0.1, 0.15) is 5.82 Å². The van der Waals surface area contributed by atoms with Gasteiger partial charge in [-0.3, -0.25) is 9.00 Å². The van der Waals surface area contributed by atoms with Crippen molar-refractivity contribution in [3.8, 4) is 0 Å². The van der Waals surface area contributed by atoms with E-state index >= 15 is 0 Å². The number of hydrogen-bond acceptors (Lipinski definition) is 3. The number of Topliss-reactive ketones (excluding diaryl/α,β-unsaturated/α-hetero) is 1. The summed E-state index contributed by atoms with van der Waals surface area (Å²) in [5.74, 6) is -0.318. The van der Waals surface area contributed by atoms with E-state index < -0.39 is 10.8 Å². The molecule has 4 rings (SSSR count). The molecule has 0 amide bonds. The van der Waals surface area contributed by atoms with Crippen molar-refractivity contribution in [2.75, 3.05) is 0 Å². The SMILES string of the molecule is CCC[C@@H]1[C@H]2N[C@@H](C[C@H]2S(=O)c2ccc(C)cc2)C(=O)[C@H]1c1ccc(F)cc1. The molecule has 5 heteroatoms. The lowest BCUT2D eigenvalue weighted by atomic mass is 9.74. The number of ketones is 1. The molecule has 0 radical (unpaired) electrons. The highest BCUT2D eigenvalue weighted by Gasteiger charge is 2.53. The van der Waals surface area contributed by atoms with Gasteiger partial charge in [0, 0.05) is 16.9 Å². The van der Waals surface area contributed by atoms with Crippen LogP contribution in [0.5, 0.6) is 0 Å². The van der Waals surface area contributed by atoms with Crippen LogP contribution in [-0.2, 0) is 15.6 Å². The molecule has 28 heavy (non-hydrogen) atoms. The van der Waals surface area contributed by atoms with Crippen LogP contribution in [0.4, 0.5) is 4.39 Å². The fourth-order valence-electron chi connectivity index (χ4n) is 4.85. The average molecular weight is 400 g/mol. The Labute approximate surface area is 168 Å². The molecular weight excluding hydrogens is 373 g/mol. The third kappa shape index (κ3) is 3.46. The summed E-state index contributed by atoms with van der Waals surface area (Å²) in [7, 11) is -1.17. The van der Waals surface area contributed by atoms with E-state index in [2.05, 4.69) is 12.2 Å². The Bertz CT molecular complexity index is 880. The lowest BCUT2D eigenvalue weighted by Crippen LogP contribution is -2.52. The molecule has 2 bridgehead atoms. The van der Waals surface area contributed by atoms with E-state index in [1.165, 1.54) is 12.1 Å². The summed E-state index contributed by atoms with van der Waals surface area (Å²) in [6.07, 6.45) is 2.42. The first kappa shape index (κ1) is 19.5. The maximum atomic E-state index is 13.4. The minimum atomic E-state index is -1.17. The number of fused-ring (bicyclic) bond motifs is 2. The van der Waals surface area contributed by atoms with Crippen LogP contribution in [0.1, 0.15) is 43.2 Å². The molecule has 6 atom stereocenters. The summed E-state index contributed by atoms with van der Waals surface area (Å²) in [5, 5.41) is 3.40. The Morgan fingerprint density at radius 3 is 2.43 bits per heavy atom. The van der Waals surface area contributed by atoms with E-state index in [9.17, 15) is 13.4 Å². The molecule has 0 aliphatic carbocycles. The van der Waals surface area contributed by atoms with E-state index in [0.29, 0.717) is 6.42 Å². The smallest absolute Gasteiger partial charge is 0.157 e. The van der Waals surface area contributed by atoms with Crippen molar-refractivity contribution in [2.24, 2.45) is 5.92 Å². The molecule has 2 aromatic carbocycles. The van der Waals surface area contributed by atoms with Gasteiger partial charge in [-0.1, -0.05) is 43.2 Å². The molecule has 3 nitrogen and oxygen atoms in total. The van der Waals surface area contributed by atoms with Crippen molar-refractivity contribution in [2.45, 2.75) is 61.3 Å². The van der Waals surface area contributed by atoms with E-state index in [1.807, 2.05) is 31.2 Å². The monoisotopic (exact) mass is 399 g/mol. The maximum Gasteiger partial charge on any atom is 0.157 e. The van der Waals surface area contributed by atoms with Crippen molar-refractivity contribution >= 4 is 16.6 Å². The molecule has 1 N–H and O–H groups in total. The van der Waals surface area contributed by atoms with Crippen LogP contribution in [0.3, 0.4) is 0 Å². The van der Waals surface area contributed by atoms with Gasteiger partial charge in [0.05, 0.1) is 22.1 Å². The summed E-state index contributed by atoms with van der Waals surface area (Å²) in [6.45, 7) is 4.12. The summed E-state index contributed by atoms with van der Waals surface area (Å²) in [4.78, 5) is 14.1.